The van der Waals surface area contributed by atoms with E-state index in [-0.39, 0.29) is 6.04 Å². The van der Waals surface area contributed by atoms with E-state index in [1.807, 2.05) is 0 Å². The van der Waals surface area contributed by atoms with Crippen molar-refractivity contribution in [3.05, 3.63) is 40.3 Å². The number of rotatable bonds is 4. The Balaban J connectivity index is 1.62. The maximum Gasteiger partial charge on any atom is 0.233 e. The van der Waals surface area contributed by atoms with Gasteiger partial charge in [-0.1, -0.05) is 23.7 Å². The Labute approximate surface area is 130 Å². The normalized spacial score (nSPS) is 29.1. The molecule has 2 fully saturated rings. The Bertz CT molecular complexity index is 616. The van der Waals surface area contributed by atoms with Crippen LogP contribution in [0.5, 0.6) is 0 Å². The first kappa shape index (κ1) is 15.0. The van der Waals surface area contributed by atoms with Gasteiger partial charge in [0, 0.05) is 28.6 Å². The molecule has 2 aliphatic rings. The SMILES string of the molecule is O=S(=O)(C=Cc1ccc(Cl)cc1)NC1CC2CCC(C1)N2. The number of benzene rings is 1. The van der Waals surface area contributed by atoms with Gasteiger partial charge in [0.25, 0.3) is 0 Å². The highest BCUT2D eigenvalue weighted by atomic mass is 35.5. The minimum Gasteiger partial charge on any atom is -0.311 e. The van der Waals surface area contributed by atoms with E-state index in [9.17, 15) is 8.42 Å². The predicted octanol–water partition coefficient (Wildman–Crippen LogP) is 2.51. The molecule has 0 radical (unpaired) electrons. The smallest absolute Gasteiger partial charge is 0.233 e. The highest BCUT2D eigenvalue weighted by Gasteiger charge is 2.34. The first-order chi connectivity index (χ1) is 10.00. The first-order valence-corrected chi connectivity index (χ1v) is 9.15. The van der Waals surface area contributed by atoms with Crippen molar-refractivity contribution in [1.29, 1.82) is 0 Å². The molecule has 2 atom stereocenters. The van der Waals surface area contributed by atoms with Gasteiger partial charge >= 0.3 is 0 Å². The molecule has 21 heavy (non-hydrogen) atoms. The second kappa shape index (κ2) is 6.08. The molecular formula is C15H19ClN2O2S. The summed E-state index contributed by atoms with van der Waals surface area (Å²) in [5.74, 6) is 0. The molecule has 0 saturated carbocycles. The Hall–Kier alpha value is -0.880. The third-order valence-electron chi connectivity index (χ3n) is 4.11. The number of fused-ring (bicyclic) bond motifs is 2. The molecule has 0 aromatic heterocycles. The average Bonchev–Trinajstić information content (AvgIpc) is 2.77. The van der Waals surface area contributed by atoms with Crippen molar-refractivity contribution in [2.75, 3.05) is 0 Å². The summed E-state index contributed by atoms with van der Waals surface area (Å²) in [6.07, 6.45) is 5.66. The molecule has 2 bridgehead atoms. The molecule has 2 heterocycles. The standard InChI is InChI=1S/C15H19ClN2O2S/c16-12-3-1-11(2-4-12)7-8-21(19,20)18-15-9-13-5-6-14(10-15)17-13/h1-4,7-8,13-15,17-18H,5-6,9-10H2. The van der Waals surface area contributed by atoms with E-state index >= 15 is 0 Å². The van der Waals surface area contributed by atoms with E-state index in [1.165, 1.54) is 5.41 Å². The fourth-order valence-electron chi connectivity index (χ4n) is 3.17. The molecule has 2 aliphatic heterocycles. The van der Waals surface area contributed by atoms with Crippen molar-refractivity contribution in [2.24, 2.45) is 0 Å². The van der Waals surface area contributed by atoms with Gasteiger partial charge in [0.15, 0.2) is 0 Å². The fourth-order valence-corrected chi connectivity index (χ4v) is 4.37. The zero-order chi connectivity index (χ0) is 14.9. The van der Waals surface area contributed by atoms with Gasteiger partial charge in [0.1, 0.15) is 0 Å². The fraction of sp³-hybridized carbons (Fsp3) is 0.467. The Morgan fingerprint density at radius 3 is 2.38 bits per heavy atom. The molecule has 2 N–H and O–H groups in total. The lowest BCUT2D eigenvalue weighted by molar-refractivity contribution is 0.346. The van der Waals surface area contributed by atoms with E-state index < -0.39 is 10.0 Å². The second-order valence-electron chi connectivity index (χ2n) is 5.82. The van der Waals surface area contributed by atoms with Crippen molar-refractivity contribution in [3.63, 3.8) is 0 Å². The van der Waals surface area contributed by atoms with E-state index in [0.29, 0.717) is 17.1 Å². The molecule has 1 aromatic carbocycles. The lowest BCUT2D eigenvalue weighted by Crippen LogP contribution is -2.47. The monoisotopic (exact) mass is 326 g/mol. The second-order valence-corrected chi connectivity index (χ2v) is 7.86. The highest BCUT2D eigenvalue weighted by Crippen LogP contribution is 2.27. The molecule has 0 aliphatic carbocycles. The molecule has 4 nitrogen and oxygen atoms in total. The van der Waals surface area contributed by atoms with Crippen LogP contribution in [0, 0.1) is 0 Å². The van der Waals surface area contributed by atoms with Crippen molar-refractivity contribution in [2.45, 2.75) is 43.8 Å². The van der Waals surface area contributed by atoms with Crippen LogP contribution >= 0.6 is 11.6 Å². The lowest BCUT2D eigenvalue weighted by atomic mass is 10.0. The summed E-state index contributed by atoms with van der Waals surface area (Å²) in [6.45, 7) is 0. The van der Waals surface area contributed by atoms with Crippen LogP contribution in [0.4, 0.5) is 0 Å². The number of hydrogen-bond acceptors (Lipinski definition) is 3. The van der Waals surface area contributed by atoms with Crippen LogP contribution in [0.15, 0.2) is 29.7 Å². The van der Waals surface area contributed by atoms with Crippen LogP contribution in [0.3, 0.4) is 0 Å². The number of piperidine rings is 1. The highest BCUT2D eigenvalue weighted by molar-refractivity contribution is 7.92. The van der Waals surface area contributed by atoms with Crippen LogP contribution in [0.2, 0.25) is 5.02 Å². The number of sulfonamides is 1. The van der Waals surface area contributed by atoms with E-state index in [0.717, 1.165) is 31.2 Å². The first-order valence-electron chi connectivity index (χ1n) is 7.22. The van der Waals surface area contributed by atoms with Gasteiger partial charge in [0.05, 0.1) is 0 Å². The molecule has 3 rings (SSSR count). The van der Waals surface area contributed by atoms with Gasteiger partial charge < -0.3 is 5.32 Å². The molecule has 6 heteroatoms. The quantitative estimate of drug-likeness (QED) is 0.894. The van der Waals surface area contributed by atoms with Crippen molar-refractivity contribution in [3.8, 4) is 0 Å². The molecule has 2 unspecified atom stereocenters. The summed E-state index contributed by atoms with van der Waals surface area (Å²) in [4.78, 5) is 0. The predicted molar refractivity (Wildman–Crippen MR) is 85.5 cm³/mol. The zero-order valence-electron chi connectivity index (χ0n) is 11.6. The van der Waals surface area contributed by atoms with Crippen LogP contribution in [-0.2, 0) is 10.0 Å². The molecule has 0 spiro atoms. The van der Waals surface area contributed by atoms with E-state index in [4.69, 9.17) is 11.6 Å². The summed E-state index contributed by atoms with van der Waals surface area (Å²) >= 11 is 5.80. The Morgan fingerprint density at radius 1 is 1.14 bits per heavy atom. The van der Waals surface area contributed by atoms with Gasteiger partial charge in [-0.25, -0.2) is 13.1 Å². The van der Waals surface area contributed by atoms with Crippen molar-refractivity contribution < 1.29 is 8.42 Å². The largest absolute Gasteiger partial charge is 0.311 e. The summed E-state index contributed by atoms with van der Waals surface area (Å²) in [7, 11) is -3.40. The Kier molecular flexibility index (Phi) is 4.36. The Morgan fingerprint density at radius 2 is 1.76 bits per heavy atom. The third kappa shape index (κ3) is 4.07. The van der Waals surface area contributed by atoms with Crippen LogP contribution in [-0.4, -0.2) is 26.5 Å². The summed E-state index contributed by atoms with van der Waals surface area (Å²) < 4.78 is 27.1. The minimum atomic E-state index is -3.40. The van der Waals surface area contributed by atoms with Crippen LogP contribution < -0.4 is 10.0 Å². The molecule has 2 saturated heterocycles. The van der Waals surface area contributed by atoms with Gasteiger partial charge in [-0.2, -0.15) is 0 Å². The lowest BCUT2D eigenvalue weighted by Gasteiger charge is -2.29. The van der Waals surface area contributed by atoms with E-state index in [1.54, 1.807) is 30.3 Å². The number of halogens is 1. The maximum absolute atomic E-state index is 12.1. The van der Waals surface area contributed by atoms with Crippen LogP contribution in [0.25, 0.3) is 6.08 Å². The molecular weight excluding hydrogens is 308 g/mol. The zero-order valence-corrected chi connectivity index (χ0v) is 13.2. The van der Waals surface area contributed by atoms with Crippen molar-refractivity contribution >= 4 is 27.7 Å². The average molecular weight is 327 g/mol. The summed E-state index contributed by atoms with van der Waals surface area (Å²) in [6, 6.07) is 8.05. The van der Waals surface area contributed by atoms with Gasteiger partial charge in [-0.3, -0.25) is 0 Å². The molecule has 0 amide bonds. The number of nitrogens with one attached hydrogen (secondary N) is 2. The molecule has 1 aromatic rings. The summed E-state index contributed by atoms with van der Waals surface area (Å²) in [5, 5.41) is 5.38. The third-order valence-corrected chi connectivity index (χ3v) is 5.52. The minimum absolute atomic E-state index is 0.0450. The van der Waals surface area contributed by atoms with Gasteiger partial charge in [-0.15, -0.1) is 0 Å². The van der Waals surface area contributed by atoms with Crippen LogP contribution in [0.1, 0.15) is 31.2 Å². The maximum atomic E-state index is 12.1. The summed E-state index contributed by atoms with van der Waals surface area (Å²) in [5.41, 5.74) is 0.815. The molecule has 114 valence electrons. The van der Waals surface area contributed by atoms with Gasteiger partial charge in [0.2, 0.25) is 10.0 Å². The van der Waals surface area contributed by atoms with Gasteiger partial charge in [-0.05, 0) is 49.5 Å². The number of hydrogen-bond donors (Lipinski definition) is 2. The topological polar surface area (TPSA) is 58.2 Å². The van der Waals surface area contributed by atoms with E-state index in [2.05, 4.69) is 10.0 Å². The van der Waals surface area contributed by atoms with Crippen molar-refractivity contribution in [1.82, 2.24) is 10.0 Å².